The monoisotopic (exact) mass is 573 g/mol. The molecular weight excluding hydrogens is 538 g/mol. The van der Waals surface area contributed by atoms with Gasteiger partial charge in [0.15, 0.2) is 5.60 Å². The van der Waals surface area contributed by atoms with Gasteiger partial charge in [-0.1, -0.05) is 13.8 Å². The van der Waals surface area contributed by atoms with Crippen LogP contribution in [0, 0.1) is 0 Å². The number of amides is 1. The first kappa shape index (κ1) is 27.1. The summed E-state index contributed by atoms with van der Waals surface area (Å²) in [7, 11) is 0. The van der Waals surface area contributed by atoms with Gasteiger partial charge in [0.1, 0.15) is 12.4 Å². The van der Waals surface area contributed by atoms with E-state index in [2.05, 4.69) is 10.0 Å². The zero-order valence-electron chi connectivity index (χ0n) is 24.0. The molecule has 0 spiro atoms. The molecule has 1 atom stereocenters. The fourth-order valence-electron chi connectivity index (χ4n) is 6.92. The number of pyridine rings is 2. The van der Waals surface area contributed by atoms with E-state index < -0.39 is 11.6 Å². The summed E-state index contributed by atoms with van der Waals surface area (Å²) in [6.45, 7) is 8.95. The van der Waals surface area contributed by atoms with Gasteiger partial charge in [-0.25, -0.2) is 24.6 Å². The zero-order valence-corrected chi connectivity index (χ0v) is 24.0. The molecule has 6 heterocycles. The molecule has 2 saturated heterocycles. The van der Waals surface area contributed by atoms with Crippen LogP contribution in [0.15, 0.2) is 29.1 Å². The molecule has 2 fully saturated rings. The number of aryl methyl sites for hydroxylation is 1. The lowest BCUT2D eigenvalue weighted by Crippen LogP contribution is -2.54. The van der Waals surface area contributed by atoms with E-state index in [0.717, 1.165) is 42.7 Å². The summed E-state index contributed by atoms with van der Waals surface area (Å²) in [6, 6.07) is 7.17. The van der Waals surface area contributed by atoms with Crippen molar-refractivity contribution < 1.29 is 24.2 Å². The van der Waals surface area contributed by atoms with E-state index in [9.17, 15) is 19.5 Å². The number of carbonyl (C=O) groups is 2. The van der Waals surface area contributed by atoms with Crippen LogP contribution in [0.2, 0.25) is 0 Å². The second-order valence-corrected chi connectivity index (χ2v) is 11.5. The van der Waals surface area contributed by atoms with E-state index in [4.69, 9.17) is 14.5 Å². The second-order valence-electron chi connectivity index (χ2n) is 11.5. The number of fused-ring (bicyclic) bond motifs is 5. The van der Waals surface area contributed by atoms with Crippen molar-refractivity contribution in [3.8, 4) is 17.1 Å². The molecule has 3 aromatic rings. The van der Waals surface area contributed by atoms with E-state index >= 15 is 0 Å². The molecule has 0 saturated carbocycles. The molecule has 4 aliphatic heterocycles. The molecule has 0 aliphatic carbocycles. The molecule has 4 aliphatic rings. The smallest absolute Gasteiger partial charge is 0.415 e. The van der Waals surface area contributed by atoms with E-state index in [1.807, 2.05) is 19.1 Å². The molecule has 11 heteroatoms. The van der Waals surface area contributed by atoms with Crippen LogP contribution in [-0.4, -0.2) is 80.9 Å². The number of benzene rings is 1. The number of ether oxygens (including phenoxy) is 2. The summed E-state index contributed by atoms with van der Waals surface area (Å²) in [6.07, 6.45) is 2.87. The zero-order chi connectivity index (χ0) is 29.2. The van der Waals surface area contributed by atoms with Crippen LogP contribution in [0.5, 0.6) is 5.75 Å². The third-order valence-electron chi connectivity index (χ3n) is 9.33. The minimum absolute atomic E-state index is 0.0928. The molecule has 1 N–H and O–H groups in total. The largest absolute Gasteiger partial charge is 0.458 e. The lowest BCUT2D eigenvalue weighted by molar-refractivity contribution is -0.172. The predicted octanol–water partition coefficient (Wildman–Crippen LogP) is 2.77. The van der Waals surface area contributed by atoms with E-state index in [1.165, 1.54) is 12.8 Å². The number of aliphatic hydroxyl groups is 1. The van der Waals surface area contributed by atoms with Crippen LogP contribution in [0.4, 0.5) is 4.79 Å². The molecule has 0 radical (unpaired) electrons. The van der Waals surface area contributed by atoms with Gasteiger partial charge in [0.25, 0.3) is 5.56 Å². The van der Waals surface area contributed by atoms with E-state index in [1.54, 1.807) is 28.5 Å². The minimum atomic E-state index is -1.87. The molecule has 0 unspecified atom stereocenters. The molecule has 7 rings (SSSR count). The summed E-state index contributed by atoms with van der Waals surface area (Å²) in [4.78, 5) is 45.8. The Hall–Kier alpha value is -3.80. The highest BCUT2D eigenvalue weighted by molar-refractivity contribution is 5.90. The van der Waals surface area contributed by atoms with Gasteiger partial charge in [-0.2, -0.15) is 0 Å². The first-order chi connectivity index (χ1) is 20.3. The number of carbonyl (C=O) groups excluding carboxylic acids is 2. The SMILES string of the molecule is CCc1c2c(nc3ccc(OC(=O)N4CCN(N5CCCC5)CC4)cc13)-c1cc3c(c(=O)n1C2)COC(=O)[C@]3(O)CC. The average Bonchev–Trinajstić information content (AvgIpc) is 3.67. The maximum Gasteiger partial charge on any atom is 0.415 e. The van der Waals surface area contributed by atoms with Crippen LogP contribution in [0.1, 0.15) is 55.4 Å². The Kier molecular flexibility index (Phi) is 6.56. The number of cyclic esters (lactones) is 1. The van der Waals surface area contributed by atoms with E-state index in [-0.39, 0.29) is 24.7 Å². The van der Waals surface area contributed by atoms with Gasteiger partial charge >= 0.3 is 12.1 Å². The number of aromatic nitrogens is 2. The molecule has 1 amide bonds. The van der Waals surface area contributed by atoms with Crippen molar-refractivity contribution in [2.45, 2.75) is 58.3 Å². The van der Waals surface area contributed by atoms with Crippen molar-refractivity contribution in [1.29, 1.82) is 0 Å². The maximum absolute atomic E-state index is 13.6. The van der Waals surface area contributed by atoms with Gasteiger partial charge in [-0.3, -0.25) is 4.79 Å². The summed E-state index contributed by atoms with van der Waals surface area (Å²) >= 11 is 0. The van der Waals surface area contributed by atoms with Gasteiger partial charge in [0.2, 0.25) is 0 Å². The Morgan fingerprint density at radius 3 is 2.48 bits per heavy atom. The number of hydrazine groups is 1. The molecule has 1 aromatic carbocycles. The Morgan fingerprint density at radius 2 is 1.76 bits per heavy atom. The topological polar surface area (TPSA) is 117 Å². The number of nitrogens with zero attached hydrogens (tertiary/aromatic N) is 5. The number of hydrogen-bond acceptors (Lipinski definition) is 9. The van der Waals surface area contributed by atoms with Crippen LogP contribution in [-0.2, 0) is 34.7 Å². The normalized spacial score (nSPS) is 22.2. The third-order valence-corrected chi connectivity index (χ3v) is 9.33. The summed E-state index contributed by atoms with van der Waals surface area (Å²) in [5, 5.41) is 16.8. The van der Waals surface area contributed by atoms with Crippen molar-refractivity contribution in [3.05, 3.63) is 56.9 Å². The van der Waals surface area contributed by atoms with Gasteiger partial charge < -0.3 is 24.0 Å². The van der Waals surface area contributed by atoms with Crippen molar-refractivity contribution >= 4 is 23.0 Å². The lowest BCUT2D eigenvalue weighted by atomic mass is 9.86. The highest BCUT2D eigenvalue weighted by Gasteiger charge is 2.45. The maximum atomic E-state index is 13.6. The Morgan fingerprint density at radius 1 is 1.02 bits per heavy atom. The first-order valence-corrected chi connectivity index (χ1v) is 14.9. The molecule has 0 bridgehead atoms. The summed E-state index contributed by atoms with van der Waals surface area (Å²) in [5.41, 5.74) is 2.34. The van der Waals surface area contributed by atoms with Crippen molar-refractivity contribution in [3.63, 3.8) is 0 Å². The summed E-state index contributed by atoms with van der Waals surface area (Å²) < 4.78 is 12.7. The highest BCUT2D eigenvalue weighted by Crippen LogP contribution is 2.40. The first-order valence-electron chi connectivity index (χ1n) is 14.9. The predicted molar refractivity (Wildman–Crippen MR) is 154 cm³/mol. The van der Waals surface area contributed by atoms with Gasteiger partial charge in [-0.15, -0.1) is 0 Å². The fourth-order valence-corrected chi connectivity index (χ4v) is 6.92. The number of piperazine rings is 1. The molecule has 220 valence electrons. The van der Waals surface area contributed by atoms with Crippen molar-refractivity contribution in [2.75, 3.05) is 39.3 Å². The molecule has 11 nitrogen and oxygen atoms in total. The third kappa shape index (κ3) is 4.13. The lowest BCUT2D eigenvalue weighted by Gasteiger charge is -2.38. The molecular formula is C31H35N5O6. The van der Waals surface area contributed by atoms with Crippen molar-refractivity contribution in [2.24, 2.45) is 0 Å². The number of hydrogen-bond donors (Lipinski definition) is 1. The number of esters is 1. The van der Waals surface area contributed by atoms with Crippen molar-refractivity contribution in [1.82, 2.24) is 24.5 Å². The van der Waals surface area contributed by atoms with Gasteiger partial charge in [-0.05, 0) is 55.5 Å². The fraction of sp³-hybridized carbons (Fsp3) is 0.484. The number of rotatable bonds is 4. The quantitative estimate of drug-likeness (QED) is 0.368. The highest BCUT2D eigenvalue weighted by atomic mass is 16.6. The summed E-state index contributed by atoms with van der Waals surface area (Å²) in [5.74, 6) is -0.283. The Labute approximate surface area is 243 Å². The Bertz CT molecular complexity index is 1670. The van der Waals surface area contributed by atoms with Gasteiger partial charge in [0.05, 0.1) is 29.0 Å². The van der Waals surface area contributed by atoms with Crippen LogP contribution >= 0.6 is 0 Å². The van der Waals surface area contributed by atoms with Gasteiger partial charge in [0, 0.05) is 55.8 Å². The van der Waals surface area contributed by atoms with Crippen LogP contribution < -0.4 is 10.3 Å². The standard InChI is InChI=1S/C31H35N5O6/c1-3-20-21-15-19(42-30(39)33-11-13-35(14-12-33)34-9-5-6-10-34)7-8-25(21)32-27-22(20)17-36-26(27)16-24-23(28(36)37)18-41-29(38)31(24,40)4-2/h7-8,15-16,40H,3-6,9-14,17-18H2,1-2H3/t31-/m0/s1. The molecule has 2 aromatic heterocycles. The average molecular weight is 574 g/mol. The second kappa shape index (κ2) is 10.2. The Balaban J connectivity index is 1.18. The van der Waals surface area contributed by atoms with Crippen LogP contribution in [0.3, 0.4) is 0 Å². The van der Waals surface area contributed by atoms with E-state index in [0.29, 0.717) is 59.8 Å². The molecule has 42 heavy (non-hydrogen) atoms. The minimum Gasteiger partial charge on any atom is -0.458 e. The van der Waals surface area contributed by atoms with Crippen LogP contribution in [0.25, 0.3) is 22.3 Å².